The molecule has 3 nitrogen and oxygen atoms in total. The standard InChI is InChI=1S/C14H22N2O/c1-14(2,3)16-13(9-12(10-17)15-16)11-7-5-4-6-8-11/h9-11H,4-8H2,1-3H3. The van der Waals surface area contributed by atoms with Crippen molar-refractivity contribution in [2.75, 3.05) is 0 Å². The average molecular weight is 234 g/mol. The molecule has 0 saturated heterocycles. The fourth-order valence-electron chi connectivity index (χ4n) is 2.70. The Labute approximate surface area is 103 Å². The van der Waals surface area contributed by atoms with Crippen LogP contribution in [0.3, 0.4) is 0 Å². The Morgan fingerprint density at radius 1 is 1.29 bits per heavy atom. The lowest BCUT2D eigenvalue weighted by atomic mass is 9.86. The van der Waals surface area contributed by atoms with Gasteiger partial charge in [-0.3, -0.25) is 9.48 Å². The van der Waals surface area contributed by atoms with Gasteiger partial charge in [-0.1, -0.05) is 19.3 Å². The summed E-state index contributed by atoms with van der Waals surface area (Å²) in [4.78, 5) is 10.9. The third kappa shape index (κ3) is 2.59. The summed E-state index contributed by atoms with van der Waals surface area (Å²) in [5.41, 5.74) is 1.77. The van der Waals surface area contributed by atoms with Gasteiger partial charge in [0.1, 0.15) is 5.69 Å². The van der Waals surface area contributed by atoms with Crippen molar-refractivity contribution in [3.05, 3.63) is 17.5 Å². The first kappa shape index (κ1) is 12.3. The molecule has 3 heteroatoms. The van der Waals surface area contributed by atoms with Gasteiger partial charge in [0.25, 0.3) is 0 Å². The van der Waals surface area contributed by atoms with Crippen molar-refractivity contribution in [3.8, 4) is 0 Å². The van der Waals surface area contributed by atoms with Crippen molar-refractivity contribution in [2.45, 2.75) is 64.3 Å². The molecule has 0 aromatic carbocycles. The normalized spacial score (nSPS) is 18.3. The van der Waals surface area contributed by atoms with Crippen LogP contribution in [0.4, 0.5) is 0 Å². The Bertz CT molecular complexity index is 395. The van der Waals surface area contributed by atoms with E-state index in [1.807, 2.05) is 10.7 Å². The van der Waals surface area contributed by atoms with Gasteiger partial charge in [-0.15, -0.1) is 0 Å². The molecule has 1 aliphatic carbocycles. The van der Waals surface area contributed by atoms with Gasteiger partial charge < -0.3 is 0 Å². The maximum Gasteiger partial charge on any atom is 0.170 e. The predicted molar refractivity (Wildman–Crippen MR) is 68.4 cm³/mol. The molecule has 0 amide bonds. The number of carbonyl (C=O) groups excluding carboxylic acids is 1. The van der Waals surface area contributed by atoms with Crippen molar-refractivity contribution in [3.63, 3.8) is 0 Å². The van der Waals surface area contributed by atoms with Crippen LogP contribution in [0.15, 0.2) is 6.07 Å². The van der Waals surface area contributed by atoms with Crippen LogP contribution >= 0.6 is 0 Å². The fourth-order valence-corrected chi connectivity index (χ4v) is 2.70. The lowest BCUT2D eigenvalue weighted by Gasteiger charge is -2.28. The molecule has 0 aliphatic heterocycles. The topological polar surface area (TPSA) is 34.9 Å². The molecule has 2 rings (SSSR count). The molecular weight excluding hydrogens is 212 g/mol. The van der Waals surface area contributed by atoms with E-state index in [0.29, 0.717) is 11.6 Å². The quantitative estimate of drug-likeness (QED) is 0.734. The first-order chi connectivity index (χ1) is 8.02. The maximum atomic E-state index is 10.9. The summed E-state index contributed by atoms with van der Waals surface area (Å²) >= 11 is 0. The highest BCUT2D eigenvalue weighted by Crippen LogP contribution is 2.34. The number of hydrogen-bond donors (Lipinski definition) is 0. The van der Waals surface area contributed by atoms with Gasteiger partial charge in [-0.05, 0) is 39.7 Å². The Kier molecular flexibility index (Phi) is 3.36. The maximum absolute atomic E-state index is 10.9. The van der Waals surface area contributed by atoms with E-state index < -0.39 is 0 Å². The molecule has 0 radical (unpaired) electrons. The summed E-state index contributed by atoms with van der Waals surface area (Å²) < 4.78 is 2.05. The van der Waals surface area contributed by atoms with Crippen LogP contribution in [0, 0.1) is 0 Å². The minimum absolute atomic E-state index is 0.0476. The molecule has 0 unspecified atom stereocenters. The minimum Gasteiger partial charge on any atom is -0.296 e. The summed E-state index contributed by atoms with van der Waals surface area (Å²) in [6, 6.07) is 1.98. The van der Waals surface area contributed by atoms with Gasteiger partial charge in [0, 0.05) is 11.6 Å². The van der Waals surface area contributed by atoms with Crippen molar-refractivity contribution < 1.29 is 4.79 Å². The van der Waals surface area contributed by atoms with E-state index in [4.69, 9.17) is 0 Å². The van der Waals surface area contributed by atoms with Crippen molar-refractivity contribution in [1.29, 1.82) is 0 Å². The molecule has 0 N–H and O–H groups in total. The zero-order valence-electron chi connectivity index (χ0n) is 11.1. The molecule has 1 aromatic heterocycles. The number of rotatable bonds is 2. The van der Waals surface area contributed by atoms with E-state index in [2.05, 4.69) is 25.9 Å². The Morgan fingerprint density at radius 2 is 1.94 bits per heavy atom. The molecule has 1 heterocycles. The second kappa shape index (κ2) is 4.63. The lowest BCUT2D eigenvalue weighted by molar-refractivity contribution is 0.111. The van der Waals surface area contributed by atoms with Gasteiger partial charge in [0.05, 0.1) is 5.54 Å². The highest BCUT2D eigenvalue weighted by atomic mass is 16.1. The second-order valence-electron chi connectivity index (χ2n) is 6.03. The molecule has 1 aromatic rings. The van der Waals surface area contributed by atoms with Crippen molar-refractivity contribution in [2.24, 2.45) is 0 Å². The van der Waals surface area contributed by atoms with Crippen LogP contribution in [0.5, 0.6) is 0 Å². The molecule has 0 bridgehead atoms. The summed E-state index contributed by atoms with van der Waals surface area (Å²) in [5.74, 6) is 0.587. The number of hydrogen-bond acceptors (Lipinski definition) is 2. The smallest absolute Gasteiger partial charge is 0.170 e. The summed E-state index contributed by atoms with van der Waals surface area (Å²) in [6.07, 6.45) is 7.28. The van der Waals surface area contributed by atoms with E-state index >= 15 is 0 Å². The number of carbonyl (C=O) groups is 1. The molecule has 0 spiro atoms. The monoisotopic (exact) mass is 234 g/mol. The molecule has 1 aliphatic rings. The SMILES string of the molecule is CC(C)(C)n1nc(C=O)cc1C1CCCCC1. The fraction of sp³-hybridized carbons (Fsp3) is 0.714. The van der Waals surface area contributed by atoms with Crippen LogP contribution in [0.25, 0.3) is 0 Å². The third-order valence-corrected chi connectivity index (χ3v) is 3.54. The minimum atomic E-state index is -0.0476. The lowest BCUT2D eigenvalue weighted by Crippen LogP contribution is -2.27. The first-order valence-corrected chi connectivity index (χ1v) is 6.58. The zero-order chi connectivity index (χ0) is 12.5. The Balaban J connectivity index is 2.36. The third-order valence-electron chi connectivity index (χ3n) is 3.54. The Morgan fingerprint density at radius 3 is 2.47 bits per heavy atom. The number of nitrogens with zero attached hydrogens (tertiary/aromatic N) is 2. The number of aldehydes is 1. The van der Waals surface area contributed by atoms with Crippen LogP contribution in [-0.4, -0.2) is 16.1 Å². The van der Waals surface area contributed by atoms with Crippen molar-refractivity contribution >= 4 is 6.29 Å². The van der Waals surface area contributed by atoms with Gasteiger partial charge in [0.15, 0.2) is 6.29 Å². The second-order valence-corrected chi connectivity index (χ2v) is 6.03. The largest absolute Gasteiger partial charge is 0.296 e. The van der Waals surface area contributed by atoms with Gasteiger partial charge in [-0.25, -0.2) is 0 Å². The van der Waals surface area contributed by atoms with E-state index in [1.54, 1.807) is 0 Å². The van der Waals surface area contributed by atoms with E-state index in [9.17, 15) is 4.79 Å². The first-order valence-electron chi connectivity index (χ1n) is 6.58. The van der Waals surface area contributed by atoms with Crippen LogP contribution < -0.4 is 0 Å². The van der Waals surface area contributed by atoms with E-state index in [0.717, 1.165) is 6.29 Å². The molecular formula is C14H22N2O. The van der Waals surface area contributed by atoms with Gasteiger partial charge >= 0.3 is 0 Å². The van der Waals surface area contributed by atoms with Crippen LogP contribution in [0.1, 0.15) is 75.0 Å². The van der Waals surface area contributed by atoms with Crippen molar-refractivity contribution in [1.82, 2.24) is 9.78 Å². The van der Waals surface area contributed by atoms with Crippen LogP contribution in [0.2, 0.25) is 0 Å². The molecule has 94 valence electrons. The highest BCUT2D eigenvalue weighted by Gasteiger charge is 2.25. The Hall–Kier alpha value is -1.12. The highest BCUT2D eigenvalue weighted by molar-refractivity contribution is 5.71. The summed E-state index contributed by atoms with van der Waals surface area (Å²) in [5, 5.41) is 4.42. The number of aromatic nitrogens is 2. The zero-order valence-corrected chi connectivity index (χ0v) is 11.1. The molecule has 0 atom stereocenters. The van der Waals surface area contributed by atoms with E-state index in [1.165, 1.54) is 37.8 Å². The predicted octanol–water partition coefficient (Wildman–Crippen LogP) is 3.50. The molecule has 17 heavy (non-hydrogen) atoms. The van der Waals surface area contributed by atoms with Gasteiger partial charge in [-0.2, -0.15) is 5.10 Å². The average Bonchev–Trinajstić information content (AvgIpc) is 2.74. The summed E-state index contributed by atoms with van der Waals surface area (Å²) in [6.45, 7) is 6.42. The summed E-state index contributed by atoms with van der Waals surface area (Å²) in [7, 11) is 0. The van der Waals surface area contributed by atoms with E-state index in [-0.39, 0.29) is 5.54 Å². The molecule has 1 fully saturated rings. The molecule has 1 saturated carbocycles. The van der Waals surface area contributed by atoms with Gasteiger partial charge in [0.2, 0.25) is 0 Å². The van der Waals surface area contributed by atoms with Crippen LogP contribution in [-0.2, 0) is 5.54 Å².